The lowest BCUT2D eigenvalue weighted by molar-refractivity contribution is -0.384. The largest absolute Gasteiger partial charge is 0.494 e. The molecule has 1 fully saturated rings. The number of rotatable bonds is 6. The highest BCUT2D eigenvalue weighted by Gasteiger charge is 2.25. The maximum atomic E-state index is 12.5. The summed E-state index contributed by atoms with van der Waals surface area (Å²) in [5, 5.41) is 10.7. The van der Waals surface area contributed by atoms with Gasteiger partial charge in [-0.2, -0.15) is 0 Å². The smallest absolute Gasteiger partial charge is 0.269 e. The van der Waals surface area contributed by atoms with Crippen LogP contribution in [0.3, 0.4) is 0 Å². The zero-order chi connectivity index (χ0) is 19.6. The number of benzene rings is 2. The molecule has 1 saturated heterocycles. The van der Waals surface area contributed by atoms with Gasteiger partial charge < -0.3 is 9.64 Å². The summed E-state index contributed by atoms with van der Waals surface area (Å²) in [6.07, 6.45) is 1.23. The Morgan fingerprint density at radius 3 is 2.44 bits per heavy atom. The maximum Gasteiger partial charge on any atom is 0.269 e. The van der Waals surface area contributed by atoms with Crippen molar-refractivity contribution in [2.45, 2.75) is 17.7 Å². The summed E-state index contributed by atoms with van der Waals surface area (Å²) in [5.74, 6) is 0.363. The van der Waals surface area contributed by atoms with Crippen molar-refractivity contribution in [1.82, 2.24) is 0 Å². The van der Waals surface area contributed by atoms with E-state index in [1.54, 1.807) is 11.0 Å². The van der Waals surface area contributed by atoms with Crippen molar-refractivity contribution in [1.29, 1.82) is 0 Å². The average molecular weight is 391 g/mol. The molecular formula is C17H17N3O6S. The van der Waals surface area contributed by atoms with Crippen molar-refractivity contribution < 1.29 is 22.9 Å². The van der Waals surface area contributed by atoms with Crippen LogP contribution in [-0.2, 0) is 14.8 Å². The number of amides is 1. The number of methoxy groups -OCH3 is 1. The highest BCUT2D eigenvalue weighted by Crippen LogP contribution is 2.34. The molecule has 27 heavy (non-hydrogen) atoms. The molecule has 1 aliphatic heterocycles. The van der Waals surface area contributed by atoms with E-state index in [-0.39, 0.29) is 22.2 Å². The maximum absolute atomic E-state index is 12.5. The van der Waals surface area contributed by atoms with E-state index in [0.717, 1.165) is 30.7 Å². The number of hydrogen-bond acceptors (Lipinski definition) is 6. The molecule has 10 heteroatoms. The van der Waals surface area contributed by atoms with E-state index in [2.05, 4.69) is 4.72 Å². The Balaban J connectivity index is 1.86. The van der Waals surface area contributed by atoms with Crippen LogP contribution in [0.1, 0.15) is 12.8 Å². The van der Waals surface area contributed by atoms with Crippen molar-refractivity contribution in [2.75, 3.05) is 23.3 Å². The van der Waals surface area contributed by atoms with Crippen molar-refractivity contribution in [3.63, 3.8) is 0 Å². The van der Waals surface area contributed by atoms with Gasteiger partial charge in [-0.05, 0) is 30.7 Å². The molecule has 142 valence electrons. The Hall–Kier alpha value is -3.14. The average Bonchev–Trinajstić information content (AvgIpc) is 3.07. The van der Waals surface area contributed by atoms with E-state index in [1.807, 2.05) is 0 Å². The van der Waals surface area contributed by atoms with E-state index < -0.39 is 14.9 Å². The minimum atomic E-state index is -3.93. The number of nitro groups is 1. The summed E-state index contributed by atoms with van der Waals surface area (Å²) >= 11 is 0. The summed E-state index contributed by atoms with van der Waals surface area (Å²) in [7, 11) is -2.49. The Morgan fingerprint density at radius 2 is 1.89 bits per heavy atom. The Kier molecular flexibility index (Phi) is 5.00. The second kappa shape index (κ2) is 7.23. The van der Waals surface area contributed by atoms with E-state index in [4.69, 9.17) is 4.74 Å². The van der Waals surface area contributed by atoms with Crippen LogP contribution >= 0.6 is 0 Å². The second-order valence-electron chi connectivity index (χ2n) is 5.89. The molecule has 0 radical (unpaired) electrons. The fourth-order valence-corrected chi connectivity index (χ4v) is 3.88. The van der Waals surface area contributed by atoms with Crippen molar-refractivity contribution >= 4 is 33.0 Å². The molecule has 2 aromatic rings. The highest BCUT2D eigenvalue weighted by atomic mass is 32.2. The fourth-order valence-electron chi connectivity index (χ4n) is 2.83. The summed E-state index contributed by atoms with van der Waals surface area (Å²) in [4.78, 5) is 23.5. The summed E-state index contributed by atoms with van der Waals surface area (Å²) in [6.45, 7) is 0.586. The van der Waals surface area contributed by atoms with E-state index in [1.165, 1.54) is 19.2 Å². The van der Waals surface area contributed by atoms with E-state index in [0.29, 0.717) is 24.4 Å². The Labute approximate surface area is 155 Å². The molecular weight excluding hydrogens is 374 g/mol. The number of non-ortho nitro benzene ring substituents is 1. The van der Waals surface area contributed by atoms with Crippen LogP contribution in [0, 0.1) is 10.1 Å². The predicted molar refractivity (Wildman–Crippen MR) is 98.5 cm³/mol. The van der Waals surface area contributed by atoms with Crippen LogP contribution in [0.25, 0.3) is 0 Å². The number of ether oxygens (including phenoxy) is 1. The van der Waals surface area contributed by atoms with E-state index >= 15 is 0 Å². The normalized spacial score (nSPS) is 14.3. The number of sulfonamides is 1. The quantitative estimate of drug-likeness (QED) is 0.597. The molecule has 0 aliphatic carbocycles. The summed E-state index contributed by atoms with van der Waals surface area (Å²) < 4.78 is 32.7. The van der Waals surface area contributed by atoms with Gasteiger partial charge in [-0.3, -0.25) is 19.6 Å². The van der Waals surface area contributed by atoms with Gasteiger partial charge >= 0.3 is 0 Å². The molecule has 0 aromatic heterocycles. The fraction of sp³-hybridized carbons (Fsp3) is 0.235. The van der Waals surface area contributed by atoms with Crippen LogP contribution in [0.4, 0.5) is 17.1 Å². The number of nitro benzene ring substituents is 1. The molecule has 1 N–H and O–H groups in total. The van der Waals surface area contributed by atoms with Crippen LogP contribution in [0.5, 0.6) is 5.75 Å². The third-order valence-electron chi connectivity index (χ3n) is 4.15. The van der Waals surface area contributed by atoms with Gasteiger partial charge in [0.15, 0.2) is 0 Å². The van der Waals surface area contributed by atoms with Gasteiger partial charge in [-0.15, -0.1) is 0 Å². The summed E-state index contributed by atoms with van der Waals surface area (Å²) in [6, 6.07) is 9.21. The van der Waals surface area contributed by atoms with Gasteiger partial charge in [0.05, 0.1) is 28.3 Å². The van der Waals surface area contributed by atoms with Gasteiger partial charge in [0.2, 0.25) is 5.91 Å². The number of carbonyl (C=O) groups excluding carboxylic acids is 1. The second-order valence-corrected chi connectivity index (χ2v) is 7.57. The van der Waals surface area contributed by atoms with Gasteiger partial charge in [0.25, 0.3) is 15.7 Å². The van der Waals surface area contributed by atoms with Crippen LogP contribution in [0.2, 0.25) is 0 Å². The third-order valence-corrected chi connectivity index (χ3v) is 5.55. The first-order valence-corrected chi connectivity index (χ1v) is 9.56. The van der Waals surface area contributed by atoms with Gasteiger partial charge in [0, 0.05) is 31.2 Å². The van der Waals surface area contributed by atoms with Gasteiger partial charge in [-0.25, -0.2) is 8.42 Å². The Bertz CT molecular complexity index is 988. The minimum absolute atomic E-state index is 0.00693. The standard InChI is InChI=1S/C17H17N3O6S/c1-26-16-11-12(4-9-15(16)19-10-2-3-17(19)21)18-27(24,25)14-7-5-13(6-8-14)20(22)23/h4-9,11,18H,2-3,10H2,1H3. The molecule has 0 unspecified atom stereocenters. The van der Waals surface area contributed by atoms with Gasteiger partial charge in [-0.1, -0.05) is 0 Å². The molecule has 1 heterocycles. The first-order chi connectivity index (χ1) is 12.8. The minimum Gasteiger partial charge on any atom is -0.494 e. The van der Waals surface area contributed by atoms with Crippen molar-refractivity contribution in [3.8, 4) is 5.75 Å². The zero-order valence-electron chi connectivity index (χ0n) is 14.4. The van der Waals surface area contributed by atoms with E-state index in [9.17, 15) is 23.3 Å². The first-order valence-electron chi connectivity index (χ1n) is 8.07. The first kappa shape index (κ1) is 18.6. The van der Waals surface area contributed by atoms with Crippen LogP contribution in [0.15, 0.2) is 47.4 Å². The lowest BCUT2D eigenvalue weighted by Gasteiger charge is -2.20. The summed E-state index contributed by atoms with van der Waals surface area (Å²) in [5.41, 5.74) is 0.633. The molecule has 0 atom stereocenters. The molecule has 9 nitrogen and oxygen atoms in total. The zero-order valence-corrected chi connectivity index (χ0v) is 15.2. The van der Waals surface area contributed by atoms with Crippen LogP contribution in [-0.4, -0.2) is 32.9 Å². The number of hydrogen-bond donors (Lipinski definition) is 1. The SMILES string of the molecule is COc1cc(NS(=O)(=O)c2ccc([N+](=O)[O-])cc2)ccc1N1CCCC1=O. The van der Waals surface area contributed by atoms with Gasteiger partial charge in [0.1, 0.15) is 5.75 Å². The molecule has 1 aliphatic rings. The predicted octanol–water partition coefficient (Wildman–Crippen LogP) is 2.53. The molecule has 0 saturated carbocycles. The highest BCUT2D eigenvalue weighted by molar-refractivity contribution is 7.92. The molecule has 0 spiro atoms. The number of nitrogens with zero attached hydrogens (tertiary/aromatic N) is 2. The van der Waals surface area contributed by atoms with Crippen LogP contribution < -0.4 is 14.4 Å². The lowest BCUT2D eigenvalue weighted by atomic mass is 10.2. The van der Waals surface area contributed by atoms with Crippen molar-refractivity contribution in [2.24, 2.45) is 0 Å². The lowest BCUT2D eigenvalue weighted by Crippen LogP contribution is -2.24. The monoisotopic (exact) mass is 391 g/mol. The number of nitrogens with one attached hydrogen (secondary N) is 1. The molecule has 3 rings (SSSR count). The number of anilines is 2. The molecule has 0 bridgehead atoms. The Morgan fingerprint density at radius 1 is 1.19 bits per heavy atom. The number of carbonyl (C=O) groups is 1. The topological polar surface area (TPSA) is 119 Å². The molecule has 1 amide bonds. The third kappa shape index (κ3) is 3.85. The van der Waals surface area contributed by atoms with Crippen molar-refractivity contribution in [3.05, 3.63) is 52.6 Å². The molecule has 2 aromatic carbocycles.